The van der Waals surface area contributed by atoms with Crippen molar-refractivity contribution in [2.75, 3.05) is 26.7 Å². The molecule has 2 N–H and O–H groups in total. The maximum Gasteiger partial charge on any atom is 0.226 e. The number of carbonyl (C=O) groups excluding carboxylic acids is 1. The number of carbonyl (C=O) groups is 1. The molecule has 132 valence electrons. The Kier molecular flexibility index (Phi) is 5.24. The van der Waals surface area contributed by atoms with E-state index in [9.17, 15) is 4.79 Å². The summed E-state index contributed by atoms with van der Waals surface area (Å²) < 4.78 is 0. The van der Waals surface area contributed by atoms with Crippen molar-refractivity contribution in [2.45, 2.75) is 57.0 Å². The molecular weight excluding hydrogens is 310 g/mol. The summed E-state index contributed by atoms with van der Waals surface area (Å²) in [5.74, 6) is 2.70. The van der Waals surface area contributed by atoms with Crippen LogP contribution in [-0.4, -0.2) is 54.5 Å². The molecule has 0 spiro atoms. The SMILES string of the molecule is CN1CCC2CCN(C(=O)C3CC4CCCC(C3)C4N)C2C1.Cl. The Balaban J connectivity index is 0.00000156. The van der Waals surface area contributed by atoms with Gasteiger partial charge < -0.3 is 15.5 Å². The number of hydrogen-bond donors (Lipinski definition) is 1. The van der Waals surface area contributed by atoms with Gasteiger partial charge in [-0.1, -0.05) is 6.42 Å². The summed E-state index contributed by atoms with van der Waals surface area (Å²) in [6.45, 7) is 3.28. The minimum absolute atomic E-state index is 0. The predicted octanol–water partition coefficient (Wildman–Crippen LogP) is 2.11. The third-order valence-corrected chi connectivity index (χ3v) is 7.11. The van der Waals surface area contributed by atoms with Crippen molar-refractivity contribution in [3.05, 3.63) is 0 Å². The fourth-order valence-corrected chi connectivity index (χ4v) is 5.80. The Bertz CT molecular complexity index is 432. The van der Waals surface area contributed by atoms with E-state index in [1.54, 1.807) is 0 Å². The average Bonchev–Trinajstić information content (AvgIpc) is 2.89. The van der Waals surface area contributed by atoms with Crippen LogP contribution in [0.2, 0.25) is 0 Å². The van der Waals surface area contributed by atoms with Crippen molar-refractivity contribution in [1.82, 2.24) is 9.80 Å². The summed E-state index contributed by atoms with van der Waals surface area (Å²) in [6, 6.07) is 0.853. The quantitative estimate of drug-likeness (QED) is 0.794. The number of halogens is 1. The monoisotopic (exact) mass is 341 g/mol. The second kappa shape index (κ2) is 6.89. The standard InChI is InChI=1S/C18H31N3O.ClH/c1-20-7-5-12-6-8-21(16(12)11-20)18(22)15-9-13-3-2-4-14(10-15)17(13)19;/h12-17H,2-11,19H2,1H3;1H. The molecule has 0 aromatic heterocycles. The van der Waals surface area contributed by atoms with Crippen molar-refractivity contribution in [3.63, 3.8) is 0 Å². The normalized spacial score (nSPS) is 43.7. The molecule has 0 aromatic rings. The van der Waals surface area contributed by atoms with Crippen molar-refractivity contribution in [2.24, 2.45) is 29.4 Å². The van der Waals surface area contributed by atoms with Crippen LogP contribution in [0.3, 0.4) is 0 Å². The van der Waals surface area contributed by atoms with Gasteiger partial charge in [0.2, 0.25) is 5.91 Å². The number of nitrogens with two attached hydrogens (primary N) is 1. The van der Waals surface area contributed by atoms with Gasteiger partial charge in [0, 0.05) is 31.1 Å². The van der Waals surface area contributed by atoms with Crippen LogP contribution in [0.25, 0.3) is 0 Å². The smallest absolute Gasteiger partial charge is 0.226 e. The van der Waals surface area contributed by atoms with E-state index in [0.29, 0.717) is 29.8 Å². The number of likely N-dealkylation sites (N-methyl/N-ethyl adjacent to an activating group) is 1. The Morgan fingerprint density at radius 1 is 1.00 bits per heavy atom. The highest BCUT2D eigenvalue weighted by atomic mass is 35.5. The first-order valence-corrected chi connectivity index (χ1v) is 9.38. The minimum Gasteiger partial charge on any atom is -0.338 e. The Morgan fingerprint density at radius 3 is 2.35 bits per heavy atom. The van der Waals surface area contributed by atoms with Crippen LogP contribution in [0.1, 0.15) is 44.9 Å². The van der Waals surface area contributed by atoms with Gasteiger partial charge in [0.25, 0.3) is 0 Å². The second-order valence-corrected chi connectivity index (χ2v) is 8.40. The highest BCUT2D eigenvalue weighted by molar-refractivity contribution is 5.85. The molecule has 1 amide bonds. The fourth-order valence-electron chi connectivity index (χ4n) is 5.80. The van der Waals surface area contributed by atoms with Gasteiger partial charge in [0.05, 0.1) is 0 Å². The molecule has 2 saturated carbocycles. The fraction of sp³-hybridized carbons (Fsp3) is 0.944. The van der Waals surface area contributed by atoms with Gasteiger partial charge in [-0.05, 0) is 69.9 Å². The lowest BCUT2D eigenvalue weighted by molar-refractivity contribution is -0.140. The zero-order chi connectivity index (χ0) is 15.3. The molecule has 2 aliphatic heterocycles. The van der Waals surface area contributed by atoms with Crippen LogP contribution in [0.15, 0.2) is 0 Å². The van der Waals surface area contributed by atoms with Gasteiger partial charge in [-0.3, -0.25) is 4.79 Å². The van der Waals surface area contributed by atoms with Crippen LogP contribution < -0.4 is 5.73 Å². The van der Waals surface area contributed by atoms with E-state index in [4.69, 9.17) is 5.73 Å². The zero-order valence-electron chi connectivity index (χ0n) is 14.3. The van der Waals surface area contributed by atoms with Crippen molar-refractivity contribution in [3.8, 4) is 0 Å². The van der Waals surface area contributed by atoms with E-state index in [1.807, 2.05) is 0 Å². The Morgan fingerprint density at radius 2 is 1.65 bits per heavy atom. The molecule has 23 heavy (non-hydrogen) atoms. The summed E-state index contributed by atoms with van der Waals surface area (Å²) in [4.78, 5) is 17.8. The molecule has 4 nitrogen and oxygen atoms in total. The first kappa shape index (κ1) is 17.5. The Hall–Kier alpha value is -0.320. The zero-order valence-corrected chi connectivity index (χ0v) is 15.1. The molecule has 4 fully saturated rings. The van der Waals surface area contributed by atoms with Gasteiger partial charge in [-0.25, -0.2) is 0 Å². The number of amides is 1. The maximum atomic E-state index is 13.2. The molecular formula is C18H32ClN3O. The average molecular weight is 342 g/mol. The number of fused-ring (bicyclic) bond motifs is 3. The van der Waals surface area contributed by atoms with Crippen molar-refractivity contribution in [1.29, 1.82) is 0 Å². The number of piperidine rings is 1. The molecule has 2 aliphatic carbocycles. The van der Waals surface area contributed by atoms with Crippen molar-refractivity contribution < 1.29 is 4.79 Å². The molecule has 4 aliphatic rings. The third-order valence-electron chi connectivity index (χ3n) is 7.11. The number of likely N-dealkylation sites (tertiary alicyclic amines) is 2. The number of hydrogen-bond acceptors (Lipinski definition) is 3. The first-order valence-electron chi connectivity index (χ1n) is 9.38. The molecule has 0 radical (unpaired) electrons. The topological polar surface area (TPSA) is 49.6 Å². The summed E-state index contributed by atoms with van der Waals surface area (Å²) >= 11 is 0. The number of rotatable bonds is 1. The molecule has 2 heterocycles. The van der Waals surface area contributed by atoms with E-state index in [1.165, 1.54) is 38.6 Å². The summed E-state index contributed by atoms with van der Waals surface area (Å²) in [6.07, 6.45) is 8.42. The number of nitrogens with zero attached hydrogens (tertiary/aromatic N) is 2. The summed E-state index contributed by atoms with van der Waals surface area (Å²) in [5, 5.41) is 0. The minimum atomic E-state index is 0. The summed E-state index contributed by atoms with van der Waals surface area (Å²) in [7, 11) is 2.20. The van der Waals surface area contributed by atoms with E-state index in [2.05, 4.69) is 16.8 Å². The lowest BCUT2D eigenvalue weighted by Crippen LogP contribution is -2.53. The molecule has 2 saturated heterocycles. The molecule has 4 atom stereocenters. The van der Waals surface area contributed by atoms with Crippen LogP contribution >= 0.6 is 12.4 Å². The van der Waals surface area contributed by atoms with E-state index in [-0.39, 0.29) is 18.3 Å². The van der Waals surface area contributed by atoms with Gasteiger partial charge in [0.1, 0.15) is 0 Å². The first-order chi connectivity index (χ1) is 10.6. The largest absolute Gasteiger partial charge is 0.338 e. The Labute approximate surface area is 146 Å². The van der Waals surface area contributed by atoms with Crippen LogP contribution in [0.5, 0.6) is 0 Å². The van der Waals surface area contributed by atoms with Crippen LogP contribution in [0, 0.1) is 23.7 Å². The van der Waals surface area contributed by atoms with Gasteiger partial charge in [-0.2, -0.15) is 0 Å². The molecule has 0 aromatic carbocycles. The third kappa shape index (κ3) is 3.14. The second-order valence-electron chi connectivity index (χ2n) is 8.40. The lowest BCUT2D eigenvalue weighted by atomic mass is 9.65. The van der Waals surface area contributed by atoms with Crippen LogP contribution in [0.4, 0.5) is 0 Å². The van der Waals surface area contributed by atoms with E-state index in [0.717, 1.165) is 31.8 Å². The molecule has 4 rings (SSSR count). The highest BCUT2D eigenvalue weighted by Crippen LogP contribution is 2.43. The molecule has 4 unspecified atom stereocenters. The van der Waals surface area contributed by atoms with Gasteiger partial charge in [0.15, 0.2) is 0 Å². The van der Waals surface area contributed by atoms with E-state index < -0.39 is 0 Å². The van der Waals surface area contributed by atoms with Crippen molar-refractivity contribution >= 4 is 18.3 Å². The maximum absolute atomic E-state index is 13.2. The predicted molar refractivity (Wildman–Crippen MR) is 94.5 cm³/mol. The van der Waals surface area contributed by atoms with Gasteiger partial charge in [-0.15, -0.1) is 12.4 Å². The van der Waals surface area contributed by atoms with E-state index >= 15 is 0 Å². The van der Waals surface area contributed by atoms with Crippen LogP contribution in [-0.2, 0) is 4.79 Å². The lowest BCUT2D eigenvalue weighted by Gasteiger charge is -2.45. The highest BCUT2D eigenvalue weighted by Gasteiger charge is 2.45. The molecule has 2 bridgehead atoms. The summed E-state index contributed by atoms with van der Waals surface area (Å²) in [5.41, 5.74) is 6.39. The molecule has 5 heteroatoms. The van der Waals surface area contributed by atoms with Gasteiger partial charge >= 0.3 is 0 Å².